The molecule has 0 aliphatic carbocycles. The highest BCUT2D eigenvalue weighted by molar-refractivity contribution is 6.17. The van der Waals surface area contributed by atoms with Gasteiger partial charge in [0.1, 0.15) is 11.4 Å². The third kappa shape index (κ3) is 3.17. The van der Waals surface area contributed by atoms with E-state index in [2.05, 4.69) is 31.8 Å². The maximum atomic E-state index is 5.83. The zero-order chi connectivity index (χ0) is 12.3. The first-order valence-corrected chi connectivity index (χ1v) is 6.51. The number of alkyl halides is 1. The molecule has 0 amide bonds. The number of hydrogen-bond acceptors (Lipinski definition) is 1. The average Bonchev–Trinajstić information content (AvgIpc) is 2.57. The molecule has 90 valence electrons. The molecule has 1 aliphatic heterocycles. The second-order valence-corrected chi connectivity index (χ2v) is 5.33. The molecule has 1 nitrogen and oxygen atoms in total. The minimum absolute atomic E-state index is 0.0764. The van der Waals surface area contributed by atoms with Gasteiger partial charge in [0.15, 0.2) is 0 Å². The van der Waals surface area contributed by atoms with Crippen LogP contribution >= 0.6 is 11.6 Å². The molecule has 1 aromatic rings. The minimum atomic E-state index is -0.0764. The fraction of sp³-hybridized carbons (Fsp3) is 0.467. The van der Waals surface area contributed by atoms with Crippen LogP contribution in [-0.2, 0) is 6.42 Å². The van der Waals surface area contributed by atoms with Crippen LogP contribution in [0, 0.1) is 11.8 Å². The molecule has 1 heterocycles. The van der Waals surface area contributed by atoms with Crippen molar-refractivity contribution in [3.05, 3.63) is 29.3 Å². The summed E-state index contributed by atoms with van der Waals surface area (Å²) < 4.78 is 5.83. The van der Waals surface area contributed by atoms with Gasteiger partial charge in [-0.1, -0.05) is 11.8 Å². The topological polar surface area (TPSA) is 9.23 Å². The van der Waals surface area contributed by atoms with Gasteiger partial charge in [0.2, 0.25) is 0 Å². The van der Waals surface area contributed by atoms with E-state index in [0.717, 1.165) is 30.6 Å². The van der Waals surface area contributed by atoms with Gasteiger partial charge in [-0.15, -0.1) is 11.6 Å². The van der Waals surface area contributed by atoms with Gasteiger partial charge in [0, 0.05) is 24.3 Å². The Balaban J connectivity index is 2.10. The Morgan fingerprint density at radius 1 is 1.41 bits per heavy atom. The van der Waals surface area contributed by atoms with Gasteiger partial charge in [0.25, 0.3) is 0 Å². The van der Waals surface area contributed by atoms with E-state index < -0.39 is 0 Å². The van der Waals surface area contributed by atoms with Gasteiger partial charge >= 0.3 is 0 Å². The van der Waals surface area contributed by atoms with Crippen molar-refractivity contribution in [2.45, 2.75) is 38.7 Å². The molecule has 0 saturated heterocycles. The van der Waals surface area contributed by atoms with E-state index in [1.165, 1.54) is 5.56 Å². The first-order chi connectivity index (χ1) is 8.11. The molecule has 0 unspecified atom stereocenters. The van der Waals surface area contributed by atoms with Crippen molar-refractivity contribution in [3.63, 3.8) is 0 Å². The summed E-state index contributed by atoms with van der Waals surface area (Å²) in [6.07, 6.45) is 2.78. The molecular weight excluding hydrogens is 232 g/mol. The van der Waals surface area contributed by atoms with Crippen LogP contribution in [0.25, 0.3) is 0 Å². The van der Waals surface area contributed by atoms with Crippen molar-refractivity contribution in [3.8, 4) is 17.6 Å². The lowest BCUT2D eigenvalue weighted by Crippen LogP contribution is -2.24. The second kappa shape index (κ2) is 5.02. The van der Waals surface area contributed by atoms with Gasteiger partial charge in [0.05, 0.1) is 0 Å². The molecule has 2 rings (SSSR count). The monoisotopic (exact) mass is 248 g/mol. The molecule has 17 heavy (non-hydrogen) atoms. The van der Waals surface area contributed by atoms with E-state index >= 15 is 0 Å². The van der Waals surface area contributed by atoms with E-state index in [0.29, 0.717) is 5.88 Å². The van der Waals surface area contributed by atoms with Crippen LogP contribution in [0.4, 0.5) is 0 Å². The highest BCUT2D eigenvalue weighted by Gasteiger charge is 2.29. The molecule has 0 atom stereocenters. The number of benzene rings is 1. The van der Waals surface area contributed by atoms with Gasteiger partial charge in [-0.3, -0.25) is 0 Å². The molecular formula is C15H17ClO. The lowest BCUT2D eigenvalue weighted by Gasteiger charge is -2.16. The van der Waals surface area contributed by atoms with Crippen molar-refractivity contribution in [2.24, 2.45) is 0 Å². The standard InChI is InChI=1S/C15H17ClO/c1-15(2)11-13-10-12(6-4-3-5-9-16)7-8-14(13)17-15/h7-8,10H,3,5,9,11H2,1-2H3. The fourth-order valence-electron chi connectivity index (χ4n) is 2.01. The summed E-state index contributed by atoms with van der Waals surface area (Å²) in [7, 11) is 0. The summed E-state index contributed by atoms with van der Waals surface area (Å²) >= 11 is 5.61. The molecule has 1 aliphatic rings. The van der Waals surface area contributed by atoms with Crippen LogP contribution in [0.1, 0.15) is 37.8 Å². The van der Waals surface area contributed by atoms with Crippen LogP contribution in [0.5, 0.6) is 5.75 Å². The van der Waals surface area contributed by atoms with Crippen LogP contribution in [-0.4, -0.2) is 11.5 Å². The number of halogens is 1. The quantitative estimate of drug-likeness (QED) is 0.440. The van der Waals surface area contributed by atoms with Crippen LogP contribution in [0.2, 0.25) is 0 Å². The highest BCUT2D eigenvalue weighted by atomic mass is 35.5. The van der Waals surface area contributed by atoms with Crippen molar-refractivity contribution < 1.29 is 4.74 Å². The van der Waals surface area contributed by atoms with Gasteiger partial charge in [-0.05, 0) is 44.0 Å². The maximum Gasteiger partial charge on any atom is 0.123 e. The van der Waals surface area contributed by atoms with E-state index in [1.807, 2.05) is 12.1 Å². The summed E-state index contributed by atoms with van der Waals surface area (Å²) in [5.41, 5.74) is 2.26. The Labute approximate surface area is 108 Å². The van der Waals surface area contributed by atoms with Gasteiger partial charge in [-0.25, -0.2) is 0 Å². The summed E-state index contributed by atoms with van der Waals surface area (Å²) in [4.78, 5) is 0. The third-order valence-corrected chi connectivity index (χ3v) is 3.00. The Kier molecular flexibility index (Phi) is 3.64. The molecule has 2 heteroatoms. The van der Waals surface area contributed by atoms with Crippen molar-refractivity contribution in [2.75, 3.05) is 5.88 Å². The third-order valence-electron chi connectivity index (χ3n) is 2.73. The predicted octanol–water partition coefficient (Wildman–Crippen LogP) is 3.77. The Bertz CT molecular complexity index is 466. The average molecular weight is 249 g/mol. The number of hydrogen-bond donors (Lipinski definition) is 0. The zero-order valence-corrected chi connectivity index (χ0v) is 11.1. The molecule has 0 bridgehead atoms. The first-order valence-electron chi connectivity index (χ1n) is 5.97. The smallest absolute Gasteiger partial charge is 0.123 e. The van der Waals surface area contributed by atoms with Crippen LogP contribution in [0.3, 0.4) is 0 Å². The lowest BCUT2D eigenvalue weighted by atomic mass is 10.0. The molecule has 0 N–H and O–H groups in total. The van der Waals surface area contributed by atoms with Crippen molar-refractivity contribution in [1.82, 2.24) is 0 Å². The maximum absolute atomic E-state index is 5.83. The SMILES string of the molecule is CC1(C)Cc2cc(C#CCCCCl)ccc2O1. The van der Waals surface area contributed by atoms with Crippen LogP contribution in [0.15, 0.2) is 18.2 Å². The number of fused-ring (bicyclic) bond motifs is 1. The number of rotatable bonds is 2. The molecule has 1 aromatic carbocycles. The fourth-order valence-corrected chi connectivity index (χ4v) is 2.14. The Hall–Kier alpha value is -1.13. The normalized spacial score (nSPS) is 15.7. The van der Waals surface area contributed by atoms with Gasteiger partial charge in [-0.2, -0.15) is 0 Å². The number of ether oxygens (including phenoxy) is 1. The molecule has 0 radical (unpaired) electrons. The Morgan fingerprint density at radius 2 is 2.24 bits per heavy atom. The highest BCUT2D eigenvalue weighted by Crippen LogP contribution is 2.34. The number of unbranched alkanes of at least 4 members (excludes halogenated alkanes) is 1. The molecule has 0 saturated carbocycles. The molecule has 0 fully saturated rings. The van der Waals surface area contributed by atoms with E-state index in [1.54, 1.807) is 0 Å². The van der Waals surface area contributed by atoms with E-state index in [4.69, 9.17) is 16.3 Å². The second-order valence-electron chi connectivity index (χ2n) is 4.96. The van der Waals surface area contributed by atoms with E-state index in [-0.39, 0.29) is 5.60 Å². The van der Waals surface area contributed by atoms with E-state index in [9.17, 15) is 0 Å². The summed E-state index contributed by atoms with van der Waals surface area (Å²) in [6, 6.07) is 6.18. The van der Waals surface area contributed by atoms with Crippen LogP contribution < -0.4 is 4.74 Å². The van der Waals surface area contributed by atoms with Crippen molar-refractivity contribution in [1.29, 1.82) is 0 Å². The summed E-state index contributed by atoms with van der Waals surface area (Å²) in [5, 5.41) is 0. The predicted molar refractivity (Wildman–Crippen MR) is 71.7 cm³/mol. The minimum Gasteiger partial charge on any atom is -0.487 e. The van der Waals surface area contributed by atoms with Crippen molar-refractivity contribution >= 4 is 11.6 Å². The molecule has 0 aromatic heterocycles. The zero-order valence-electron chi connectivity index (χ0n) is 10.3. The molecule has 0 spiro atoms. The van der Waals surface area contributed by atoms with Gasteiger partial charge < -0.3 is 4.74 Å². The first kappa shape index (κ1) is 12.3. The lowest BCUT2D eigenvalue weighted by molar-refractivity contribution is 0.138. The summed E-state index contributed by atoms with van der Waals surface area (Å²) in [6.45, 7) is 4.22. The largest absolute Gasteiger partial charge is 0.487 e. The summed E-state index contributed by atoms with van der Waals surface area (Å²) in [5.74, 6) is 7.99. The Morgan fingerprint density at radius 3 is 3.00 bits per heavy atom.